The molecule has 2 unspecified atom stereocenters. The molecule has 3 saturated carbocycles. The highest BCUT2D eigenvalue weighted by Gasteiger charge is 2.46. The van der Waals surface area contributed by atoms with Crippen molar-refractivity contribution in [3.05, 3.63) is 15.6 Å². The first-order valence-electron chi connectivity index (χ1n) is 8.38. The first kappa shape index (κ1) is 13.3. The molecule has 0 saturated heterocycles. The average Bonchev–Trinajstić information content (AvgIpc) is 3.33. The normalized spacial score (nSPS) is 34.4. The minimum absolute atomic E-state index is 0.219. The van der Waals surface area contributed by atoms with E-state index < -0.39 is 0 Å². The Hall–Kier alpha value is -0.410. The van der Waals surface area contributed by atoms with Crippen molar-refractivity contribution < 1.29 is 0 Å². The van der Waals surface area contributed by atoms with E-state index in [1.54, 1.807) is 0 Å². The van der Waals surface area contributed by atoms with Crippen LogP contribution in [0.1, 0.15) is 66.9 Å². The van der Waals surface area contributed by atoms with Crippen molar-refractivity contribution >= 4 is 11.3 Å². The van der Waals surface area contributed by atoms with E-state index in [0.717, 1.165) is 17.9 Å². The lowest BCUT2D eigenvalue weighted by Gasteiger charge is -2.41. The summed E-state index contributed by atoms with van der Waals surface area (Å²) < 4.78 is 0. The van der Waals surface area contributed by atoms with Gasteiger partial charge in [0.1, 0.15) is 5.01 Å². The lowest BCUT2D eigenvalue weighted by molar-refractivity contribution is 0.161. The van der Waals surface area contributed by atoms with Crippen LogP contribution in [-0.4, -0.2) is 11.0 Å². The number of hydrogen-bond acceptors (Lipinski definition) is 3. The third-order valence-electron chi connectivity index (χ3n) is 5.57. The number of nitrogens with one attached hydrogen (secondary N) is 1. The Balaban J connectivity index is 1.64. The van der Waals surface area contributed by atoms with Gasteiger partial charge < -0.3 is 5.32 Å². The third-order valence-corrected chi connectivity index (χ3v) is 6.85. The summed E-state index contributed by atoms with van der Waals surface area (Å²) in [6, 6.07) is 0.775. The number of rotatable bonds is 4. The summed E-state index contributed by atoms with van der Waals surface area (Å²) in [7, 11) is 0. The van der Waals surface area contributed by atoms with Gasteiger partial charge in [-0.2, -0.15) is 0 Å². The quantitative estimate of drug-likeness (QED) is 0.894. The molecular formula is C17H26N2S. The number of nitrogens with zero attached hydrogens (tertiary/aromatic N) is 1. The van der Waals surface area contributed by atoms with Gasteiger partial charge >= 0.3 is 0 Å². The lowest BCUT2D eigenvalue weighted by Crippen LogP contribution is -2.47. The highest BCUT2D eigenvalue weighted by Crippen LogP contribution is 2.51. The highest BCUT2D eigenvalue weighted by molar-refractivity contribution is 7.11. The molecule has 0 amide bonds. The van der Waals surface area contributed by atoms with E-state index >= 15 is 0 Å². The van der Waals surface area contributed by atoms with Gasteiger partial charge in [0.2, 0.25) is 0 Å². The van der Waals surface area contributed by atoms with E-state index in [2.05, 4.69) is 19.2 Å². The van der Waals surface area contributed by atoms with Crippen LogP contribution in [0.2, 0.25) is 0 Å². The molecule has 1 heterocycles. The van der Waals surface area contributed by atoms with Gasteiger partial charge in [-0.05, 0) is 64.2 Å². The fourth-order valence-electron chi connectivity index (χ4n) is 3.97. The van der Waals surface area contributed by atoms with Gasteiger partial charge in [0.15, 0.2) is 0 Å². The lowest BCUT2D eigenvalue weighted by atomic mass is 9.74. The fourth-order valence-corrected chi connectivity index (χ4v) is 5.08. The zero-order valence-corrected chi connectivity index (χ0v) is 13.6. The molecule has 1 aromatic rings. The maximum absolute atomic E-state index is 4.96. The number of aryl methyl sites for hydroxylation is 2. The predicted molar refractivity (Wildman–Crippen MR) is 84.1 cm³/mol. The molecule has 0 aliphatic heterocycles. The molecule has 4 rings (SSSR count). The van der Waals surface area contributed by atoms with Gasteiger partial charge in [0, 0.05) is 10.9 Å². The predicted octanol–water partition coefficient (Wildman–Crippen LogP) is 4.31. The van der Waals surface area contributed by atoms with Crippen molar-refractivity contribution in [2.24, 2.45) is 11.8 Å². The number of thiazole rings is 1. The van der Waals surface area contributed by atoms with Crippen molar-refractivity contribution in [1.82, 2.24) is 10.3 Å². The van der Waals surface area contributed by atoms with Crippen molar-refractivity contribution in [1.29, 1.82) is 0 Å². The molecule has 110 valence electrons. The highest BCUT2D eigenvalue weighted by atomic mass is 32.1. The van der Waals surface area contributed by atoms with E-state index in [1.165, 1.54) is 66.9 Å². The van der Waals surface area contributed by atoms with E-state index in [1.807, 2.05) is 11.3 Å². The molecule has 2 nitrogen and oxygen atoms in total. The van der Waals surface area contributed by atoms with Crippen LogP contribution in [0.5, 0.6) is 0 Å². The molecule has 0 spiro atoms. The Kier molecular flexibility index (Phi) is 3.19. The monoisotopic (exact) mass is 290 g/mol. The largest absolute Gasteiger partial charge is 0.303 e. The molecule has 3 fully saturated rings. The molecule has 0 bridgehead atoms. The van der Waals surface area contributed by atoms with Gasteiger partial charge in [-0.1, -0.05) is 12.8 Å². The molecule has 3 aliphatic carbocycles. The van der Waals surface area contributed by atoms with Gasteiger partial charge in [-0.25, -0.2) is 4.98 Å². The summed E-state index contributed by atoms with van der Waals surface area (Å²) in [4.78, 5) is 6.36. The first-order chi connectivity index (χ1) is 9.66. The molecule has 1 aromatic heterocycles. The second-order valence-electron chi connectivity index (χ2n) is 7.36. The fraction of sp³-hybridized carbons (Fsp3) is 0.824. The van der Waals surface area contributed by atoms with Crippen molar-refractivity contribution in [2.75, 3.05) is 0 Å². The molecule has 0 radical (unpaired) electrons. The molecule has 3 heteroatoms. The van der Waals surface area contributed by atoms with Crippen LogP contribution in [0.25, 0.3) is 0 Å². The van der Waals surface area contributed by atoms with Crippen LogP contribution in [0.3, 0.4) is 0 Å². The Morgan fingerprint density at radius 3 is 2.50 bits per heavy atom. The number of hydrogen-bond donors (Lipinski definition) is 1. The molecule has 1 N–H and O–H groups in total. The van der Waals surface area contributed by atoms with Crippen LogP contribution in [-0.2, 0) is 5.54 Å². The maximum Gasteiger partial charge on any atom is 0.113 e. The van der Waals surface area contributed by atoms with E-state index in [0.29, 0.717) is 0 Å². The van der Waals surface area contributed by atoms with E-state index in [4.69, 9.17) is 4.98 Å². The van der Waals surface area contributed by atoms with Crippen LogP contribution in [0.15, 0.2) is 0 Å². The Morgan fingerprint density at radius 2 is 1.90 bits per heavy atom. The van der Waals surface area contributed by atoms with E-state index in [9.17, 15) is 0 Å². The van der Waals surface area contributed by atoms with Gasteiger partial charge in [0.05, 0.1) is 11.2 Å². The zero-order chi connectivity index (χ0) is 13.7. The zero-order valence-electron chi connectivity index (χ0n) is 12.7. The van der Waals surface area contributed by atoms with Crippen molar-refractivity contribution in [2.45, 2.75) is 76.8 Å². The molecule has 2 atom stereocenters. The van der Waals surface area contributed by atoms with Gasteiger partial charge in [0.25, 0.3) is 0 Å². The average molecular weight is 290 g/mol. The second kappa shape index (κ2) is 4.81. The van der Waals surface area contributed by atoms with E-state index in [-0.39, 0.29) is 5.54 Å². The SMILES string of the molecule is Cc1nc(C2(NC3CC3)CCCC(C3CC3)C2)sc1C. The smallest absolute Gasteiger partial charge is 0.113 e. The summed E-state index contributed by atoms with van der Waals surface area (Å²) in [5.74, 6) is 2.00. The minimum atomic E-state index is 0.219. The Labute approximate surface area is 126 Å². The second-order valence-corrected chi connectivity index (χ2v) is 8.56. The third kappa shape index (κ3) is 2.43. The molecule has 0 aromatic carbocycles. The van der Waals surface area contributed by atoms with Crippen LogP contribution in [0.4, 0.5) is 0 Å². The van der Waals surface area contributed by atoms with Crippen LogP contribution >= 0.6 is 11.3 Å². The Morgan fingerprint density at radius 1 is 1.10 bits per heavy atom. The van der Waals surface area contributed by atoms with Crippen LogP contribution in [0, 0.1) is 25.7 Å². The first-order valence-corrected chi connectivity index (χ1v) is 9.20. The topological polar surface area (TPSA) is 24.9 Å². The van der Waals surface area contributed by atoms with Crippen molar-refractivity contribution in [3.8, 4) is 0 Å². The molecular weight excluding hydrogens is 264 g/mol. The standard InChI is InChI=1S/C17H26N2S/c1-11-12(2)20-16(18-11)17(19-15-7-8-15)9-3-4-14(10-17)13-5-6-13/h13-15,19H,3-10H2,1-2H3. The summed E-state index contributed by atoms with van der Waals surface area (Å²) in [6.45, 7) is 4.39. The molecule has 3 aliphatic rings. The minimum Gasteiger partial charge on any atom is -0.303 e. The van der Waals surface area contributed by atoms with Gasteiger partial charge in [-0.15, -0.1) is 11.3 Å². The summed E-state index contributed by atoms with van der Waals surface area (Å²) >= 11 is 1.95. The summed E-state index contributed by atoms with van der Waals surface area (Å²) in [6.07, 6.45) is 11.2. The number of aromatic nitrogens is 1. The van der Waals surface area contributed by atoms with Crippen molar-refractivity contribution in [3.63, 3.8) is 0 Å². The Bertz CT molecular complexity index is 482. The van der Waals surface area contributed by atoms with Gasteiger partial charge in [-0.3, -0.25) is 0 Å². The molecule has 20 heavy (non-hydrogen) atoms. The van der Waals surface area contributed by atoms with Crippen LogP contribution < -0.4 is 5.32 Å². The maximum atomic E-state index is 4.96. The summed E-state index contributed by atoms with van der Waals surface area (Å²) in [5, 5.41) is 5.42. The summed E-state index contributed by atoms with van der Waals surface area (Å²) in [5.41, 5.74) is 1.46.